The number of hydrogen-bond donors (Lipinski definition) is 1. The lowest BCUT2D eigenvalue weighted by Crippen LogP contribution is -2.09. The number of halogens is 2. The van der Waals surface area contributed by atoms with Gasteiger partial charge in [-0.2, -0.15) is 0 Å². The Balaban J connectivity index is 2.55. The van der Waals surface area contributed by atoms with Gasteiger partial charge in [0.1, 0.15) is 0 Å². The molecule has 0 atom stereocenters. The van der Waals surface area contributed by atoms with Crippen LogP contribution in [0.15, 0.2) is 24.3 Å². The number of nitrogens with one attached hydrogen (secondary N) is 1. The van der Waals surface area contributed by atoms with Crippen molar-refractivity contribution in [3.8, 4) is 0 Å². The molecule has 0 aliphatic rings. The highest BCUT2D eigenvalue weighted by atomic mass is 19.3. The largest absolute Gasteiger partial charge is 0.379 e. The van der Waals surface area contributed by atoms with Crippen LogP contribution >= 0.6 is 0 Å². The van der Waals surface area contributed by atoms with Crippen LogP contribution in [0.1, 0.15) is 25.3 Å². The molecule has 0 amide bonds. The van der Waals surface area contributed by atoms with E-state index in [-0.39, 0.29) is 6.54 Å². The smallest absolute Gasteiger partial charge is 0.255 e. The summed E-state index contributed by atoms with van der Waals surface area (Å²) in [6.45, 7) is 3.91. The van der Waals surface area contributed by atoms with Crippen molar-refractivity contribution in [2.24, 2.45) is 0 Å². The van der Waals surface area contributed by atoms with Gasteiger partial charge in [0, 0.05) is 5.69 Å². The van der Waals surface area contributed by atoms with Crippen LogP contribution in [0.5, 0.6) is 0 Å². The molecule has 0 spiro atoms. The van der Waals surface area contributed by atoms with E-state index in [1.165, 1.54) is 5.56 Å². The minimum absolute atomic E-state index is 0.291. The predicted molar refractivity (Wildman–Crippen MR) is 55.0 cm³/mol. The third-order valence-corrected chi connectivity index (χ3v) is 2.04. The van der Waals surface area contributed by atoms with Crippen LogP contribution in [-0.2, 0) is 0 Å². The number of rotatable bonds is 4. The SMILES string of the molecule is CC(C)c1ccc(NCC(F)F)cc1. The van der Waals surface area contributed by atoms with Gasteiger partial charge < -0.3 is 5.32 Å². The monoisotopic (exact) mass is 199 g/mol. The standard InChI is InChI=1S/C11H15F2N/c1-8(2)9-3-5-10(6-4-9)14-7-11(12)13/h3-6,8,11,14H,7H2,1-2H3. The highest BCUT2D eigenvalue weighted by molar-refractivity contribution is 5.45. The minimum Gasteiger partial charge on any atom is -0.379 e. The zero-order valence-corrected chi connectivity index (χ0v) is 8.43. The Labute approximate surface area is 83.1 Å². The van der Waals surface area contributed by atoms with Crippen LogP contribution in [0, 0.1) is 0 Å². The number of hydrogen-bond acceptors (Lipinski definition) is 1. The van der Waals surface area contributed by atoms with E-state index in [0.29, 0.717) is 5.92 Å². The highest BCUT2D eigenvalue weighted by Gasteiger charge is 2.02. The van der Waals surface area contributed by atoms with Gasteiger partial charge in [0.05, 0.1) is 6.54 Å². The molecule has 0 aliphatic heterocycles. The molecular weight excluding hydrogens is 184 g/mol. The summed E-state index contributed by atoms with van der Waals surface area (Å²) in [5.74, 6) is 0.471. The molecule has 0 heterocycles. The molecule has 1 aromatic carbocycles. The molecular formula is C11H15F2N. The van der Waals surface area contributed by atoms with Crippen LogP contribution in [0.25, 0.3) is 0 Å². The number of benzene rings is 1. The Kier molecular flexibility index (Phi) is 3.86. The average Bonchev–Trinajstić information content (AvgIpc) is 2.15. The fourth-order valence-electron chi connectivity index (χ4n) is 1.18. The number of alkyl halides is 2. The molecule has 0 radical (unpaired) electrons. The summed E-state index contributed by atoms with van der Waals surface area (Å²) in [4.78, 5) is 0. The van der Waals surface area contributed by atoms with E-state index in [1.807, 2.05) is 24.3 Å². The molecule has 14 heavy (non-hydrogen) atoms. The zero-order valence-electron chi connectivity index (χ0n) is 8.43. The first-order valence-electron chi connectivity index (χ1n) is 4.71. The fraction of sp³-hybridized carbons (Fsp3) is 0.455. The molecule has 3 heteroatoms. The van der Waals surface area contributed by atoms with Crippen molar-refractivity contribution in [2.75, 3.05) is 11.9 Å². The van der Waals surface area contributed by atoms with Crippen molar-refractivity contribution in [3.63, 3.8) is 0 Å². The molecule has 78 valence electrons. The van der Waals surface area contributed by atoms with E-state index in [1.54, 1.807) is 0 Å². The predicted octanol–water partition coefficient (Wildman–Crippen LogP) is 3.49. The summed E-state index contributed by atoms with van der Waals surface area (Å²) in [6.07, 6.45) is -2.31. The molecule has 0 saturated heterocycles. The molecule has 0 fully saturated rings. The van der Waals surface area contributed by atoms with Crippen molar-refractivity contribution in [3.05, 3.63) is 29.8 Å². The summed E-state index contributed by atoms with van der Waals surface area (Å²) in [5.41, 5.74) is 1.96. The van der Waals surface area contributed by atoms with Crippen molar-refractivity contribution in [1.29, 1.82) is 0 Å². The normalized spacial score (nSPS) is 11.0. The first-order chi connectivity index (χ1) is 6.59. The topological polar surface area (TPSA) is 12.0 Å². The molecule has 1 aromatic rings. The Morgan fingerprint density at radius 1 is 1.14 bits per heavy atom. The summed E-state index contributed by atoms with van der Waals surface area (Å²) in [7, 11) is 0. The number of anilines is 1. The van der Waals surface area contributed by atoms with E-state index < -0.39 is 6.43 Å². The lowest BCUT2D eigenvalue weighted by molar-refractivity contribution is 0.163. The maximum absolute atomic E-state index is 11.9. The van der Waals surface area contributed by atoms with Gasteiger partial charge in [-0.15, -0.1) is 0 Å². The Bertz CT molecular complexity index is 267. The molecule has 0 unspecified atom stereocenters. The summed E-state index contributed by atoms with van der Waals surface area (Å²) >= 11 is 0. The molecule has 0 saturated carbocycles. The molecule has 1 nitrogen and oxygen atoms in total. The van der Waals surface area contributed by atoms with Crippen molar-refractivity contribution >= 4 is 5.69 Å². The van der Waals surface area contributed by atoms with E-state index in [4.69, 9.17) is 0 Å². The first kappa shape index (κ1) is 11.0. The summed E-state index contributed by atoms with van der Waals surface area (Å²) in [6, 6.07) is 7.58. The fourth-order valence-corrected chi connectivity index (χ4v) is 1.18. The summed E-state index contributed by atoms with van der Waals surface area (Å²) in [5, 5.41) is 2.66. The van der Waals surface area contributed by atoms with Gasteiger partial charge in [0.15, 0.2) is 0 Å². The van der Waals surface area contributed by atoms with Crippen molar-refractivity contribution in [1.82, 2.24) is 0 Å². The van der Waals surface area contributed by atoms with E-state index in [0.717, 1.165) is 5.69 Å². The first-order valence-corrected chi connectivity index (χ1v) is 4.71. The second kappa shape index (κ2) is 4.94. The second-order valence-corrected chi connectivity index (χ2v) is 3.55. The quantitative estimate of drug-likeness (QED) is 0.782. The highest BCUT2D eigenvalue weighted by Crippen LogP contribution is 2.17. The maximum atomic E-state index is 11.9. The molecule has 1 rings (SSSR count). The van der Waals surface area contributed by atoms with Gasteiger partial charge in [0.2, 0.25) is 0 Å². The van der Waals surface area contributed by atoms with Gasteiger partial charge in [-0.25, -0.2) is 8.78 Å². The minimum atomic E-state index is -2.31. The van der Waals surface area contributed by atoms with Crippen LogP contribution in [-0.4, -0.2) is 13.0 Å². The average molecular weight is 199 g/mol. The summed E-state index contributed by atoms with van der Waals surface area (Å²) < 4.78 is 23.7. The molecule has 0 bridgehead atoms. The third kappa shape index (κ3) is 3.32. The third-order valence-electron chi connectivity index (χ3n) is 2.04. The maximum Gasteiger partial charge on any atom is 0.255 e. The van der Waals surface area contributed by atoms with Gasteiger partial charge in [0.25, 0.3) is 6.43 Å². The van der Waals surface area contributed by atoms with Crippen LogP contribution in [0.4, 0.5) is 14.5 Å². The lowest BCUT2D eigenvalue weighted by Gasteiger charge is -2.08. The zero-order chi connectivity index (χ0) is 10.6. The van der Waals surface area contributed by atoms with E-state index in [2.05, 4.69) is 19.2 Å². The molecule has 0 aliphatic carbocycles. The van der Waals surface area contributed by atoms with Crippen molar-refractivity contribution < 1.29 is 8.78 Å². The van der Waals surface area contributed by atoms with Gasteiger partial charge in [-0.05, 0) is 23.6 Å². The van der Waals surface area contributed by atoms with Crippen LogP contribution in [0.2, 0.25) is 0 Å². The van der Waals surface area contributed by atoms with Gasteiger partial charge in [-0.1, -0.05) is 26.0 Å². The lowest BCUT2D eigenvalue weighted by atomic mass is 10.0. The van der Waals surface area contributed by atoms with Gasteiger partial charge >= 0.3 is 0 Å². The van der Waals surface area contributed by atoms with E-state index in [9.17, 15) is 8.78 Å². The molecule has 0 aromatic heterocycles. The van der Waals surface area contributed by atoms with Crippen LogP contribution in [0.3, 0.4) is 0 Å². The van der Waals surface area contributed by atoms with E-state index >= 15 is 0 Å². The van der Waals surface area contributed by atoms with Crippen LogP contribution < -0.4 is 5.32 Å². The Morgan fingerprint density at radius 3 is 2.14 bits per heavy atom. The Hall–Kier alpha value is -1.12. The molecule has 1 N–H and O–H groups in total. The van der Waals surface area contributed by atoms with Gasteiger partial charge in [-0.3, -0.25) is 0 Å². The second-order valence-electron chi connectivity index (χ2n) is 3.55. The van der Waals surface area contributed by atoms with Crippen molar-refractivity contribution in [2.45, 2.75) is 26.2 Å². The Morgan fingerprint density at radius 2 is 1.71 bits per heavy atom.